The molecule has 7 heteroatoms. The Labute approximate surface area is 137 Å². The van der Waals surface area contributed by atoms with Crippen molar-refractivity contribution in [2.75, 3.05) is 6.54 Å². The van der Waals surface area contributed by atoms with E-state index in [9.17, 15) is 17.2 Å². The summed E-state index contributed by atoms with van der Waals surface area (Å²) < 4.78 is 59.4. The van der Waals surface area contributed by atoms with Crippen LogP contribution in [0.1, 0.15) is 11.1 Å². The number of hydrogen-bond donors (Lipinski definition) is 0. The minimum Gasteiger partial charge on any atom is -0.443 e. The molecule has 2 heterocycles. The van der Waals surface area contributed by atoms with E-state index < -0.39 is 21.7 Å². The molecule has 0 saturated carbocycles. The van der Waals surface area contributed by atoms with Crippen LogP contribution in [0, 0.1) is 11.6 Å². The molecule has 0 unspecified atom stereocenters. The van der Waals surface area contributed by atoms with Crippen molar-refractivity contribution in [1.29, 1.82) is 0 Å². The molecule has 0 radical (unpaired) electrons. The molecule has 0 saturated heterocycles. The highest BCUT2D eigenvalue weighted by Crippen LogP contribution is 2.30. The standard InChI is InChI=1S/C17H13F2NO3S/c18-13-7-12-10-20(6-5-14(12)15(19)9-13)24(21,22)17-8-11-3-1-2-4-16(11)23-17/h1-4,7-9H,5-6,10H2. The molecule has 1 aliphatic rings. The summed E-state index contributed by atoms with van der Waals surface area (Å²) in [4.78, 5) is 0. The predicted octanol–water partition coefficient (Wildman–Crippen LogP) is 3.46. The number of rotatable bonds is 2. The molecule has 0 amide bonds. The summed E-state index contributed by atoms with van der Waals surface area (Å²) in [6.45, 7) is 0.0400. The lowest BCUT2D eigenvalue weighted by Gasteiger charge is -2.27. The van der Waals surface area contributed by atoms with Crippen LogP contribution < -0.4 is 0 Å². The molecule has 4 rings (SSSR count). The number of halogens is 2. The third kappa shape index (κ3) is 2.40. The average molecular weight is 349 g/mol. The minimum atomic E-state index is -3.87. The second kappa shape index (κ2) is 5.39. The molecule has 0 fully saturated rings. The highest BCUT2D eigenvalue weighted by molar-refractivity contribution is 7.89. The Morgan fingerprint density at radius 3 is 2.67 bits per heavy atom. The molecular weight excluding hydrogens is 336 g/mol. The van der Waals surface area contributed by atoms with Gasteiger partial charge >= 0.3 is 0 Å². The third-order valence-corrected chi connectivity index (χ3v) is 5.91. The van der Waals surface area contributed by atoms with Crippen molar-refractivity contribution in [2.45, 2.75) is 18.1 Å². The topological polar surface area (TPSA) is 50.5 Å². The minimum absolute atomic E-state index is 0.0800. The quantitative estimate of drug-likeness (QED) is 0.712. The lowest BCUT2D eigenvalue weighted by molar-refractivity contribution is 0.365. The maximum Gasteiger partial charge on any atom is 0.276 e. The van der Waals surface area contributed by atoms with Gasteiger partial charge in [0.1, 0.15) is 17.2 Å². The van der Waals surface area contributed by atoms with Crippen molar-refractivity contribution in [3.05, 3.63) is 65.2 Å². The zero-order chi connectivity index (χ0) is 16.9. The molecule has 4 nitrogen and oxygen atoms in total. The number of para-hydroxylation sites is 1. The van der Waals surface area contributed by atoms with E-state index in [0.29, 0.717) is 22.1 Å². The molecule has 24 heavy (non-hydrogen) atoms. The maximum atomic E-state index is 13.8. The first-order valence-corrected chi connectivity index (χ1v) is 8.85. The fourth-order valence-corrected chi connectivity index (χ4v) is 4.37. The zero-order valence-electron chi connectivity index (χ0n) is 12.5. The SMILES string of the molecule is O=S(=O)(c1cc2ccccc2o1)N1CCc2c(F)cc(F)cc2C1. The van der Waals surface area contributed by atoms with Gasteiger partial charge in [0, 0.05) is 30.6 Å². The van der Waals surface area contributed by atoms with Gasteiger partial charge in [-0.1, -0.05) is 18.2 Å². The fourth-order valence-electron chi connectivity index (χ4n) is 3.00. The van der Waals surface area contributed by atoms with Crippen LogP contribution in [-0.4, -0.2) is 19.3 Å². The first-order valence-electron chi connectivity index (χ1n) is 7.41. The van der Waals surface area contributed by atoms with Crippen LogP contribution in [0.2, 0.25) is 0 Å². The van der Waals surface area contributed by atoms with E-state index in [-0.39, 0.29) is 24.6 Å². The smallest absolute Gasteiger partial charge is 0.276 e. The summed E-state index contributed by atoms with van der Waals surface area (Å²) in [6, 6.07) is 10.5. The van der Waals surface area contributed by atoms with Crippen molar-refractivity contribution >= 4 is 21.0 Å². The van der Waals surface area contributed by atoms with Crippen LogP contribution in [0.25, 0.3) is 11.0 Å². The summed E-state index contributed by atoms with van der Waals surface area (Å²) in [6.07, 6.45) is 0.195. The Balaban J connectivity index is 1.72. The van der Waals surface area contributed by atoms with E-state index in [1.165, 1.54) is 16.4 Å². The Morgan fingerprint density at radius 2 is 1.88 bits per heavy atom. The van der Waals surface area contributed by atoms with Gasteiger partial charge in [-0.25, -0.2) is 17.2 Å². The largest absolute Gasteiger partial charge is 0.443 e. The molecular formula is C17H13F2NO3S. The molecule has 0 bridgehead atoms. The molecule has 2 aromatic carbocycles. The van der Waals surface area contributed by atoms with Crippen molar-refractivity contribution in [3.63, 3.8) is 0 Å². The molecule has 0 N–H and O–H groups in total. The van der Waals surface area contributed by atoms with Crippen LogP contribution in [0.15, 0.2) is 52.0 Å². The summed E-state index contributed by atoms with van der Waals surface area (Å²) in [7, 11) is -3.87. The Morgan fingerprint density at radius 1 is 1.08 bits per heavy atom. The van der Waals surface area contributed by atoms with Crippen LogP contribution in [0.3, 0.4) is 0 Å². The van der Waals surface area contributed by atoms with E-state index in [2.05, 4.69) is 0 Å². The lowest BCUT2D eigenvalue weighted by atomic mass is 10.0. The normalized spacial score (nSPS) is 15.6. The average Bonchev–Trinajstić information content (AvgIpc) is 2.99. The fraction of sp³-hybridized carbons (Fsp3) is 0.176. The monoisotopic (exact) mass is 349 g/mol. The van der Waals surface area contributed by atoms with Gasteiger partial charge in [-0.2, -0.15) is 4.31 Å². The number of nitrogens with zero attached hydrogens (tertiary/aromatic N) is 1. The van der Waals surface area contributed by atoms with Crippen molar-refractivity contribution in [3.8, 4) is 0 Å². The van der Waals surface area contributed by atoms with Crippen LogP contribution >= 0.6 is 0 Å². The van der Waals surface area contributed by atoms with E-state index in [1.54, 1.807) is 24.3 Å². The Hall–Kier alpha value is -2.25. The molecule has 0 atom stereocenters. The molecule has 1 aromatic heterocycles. The second-order valence-electron chi connectivity index (χ2n) is 5.72. The predicted molar refractivity (Wildman–Crippen MR) is 83.9 cm³/mol. The van der Waals surface area contributed by atoms with Crippen molar-refractivity contribution < 1.29 is 21.6 Å². The molecule has 1 aliphatic heterocycles. The van der Waals surface area contributed by atoms with E-state index in [1.807, 2.05) is 0 Å². The van der Waals surface area contributed by atoms with Gasteiger partial charge in [0.05, 0.1) is 0 Å². The summed E-state index contributed by atoms with van der Waals surface area (Å²) in [5.41, 5.74) is 1.19. The molecule has 3 aromatic rings. The summed E-state index contributed by atoms with van der Waals surface area (Å²) >= 11 is 0. The molecule has 124 valence electrons. The Kier molecular flexibility index (Phi) is 3.43. The maximum absolute atomic E-state index is 13.8. The van der Waals surface area contributed by atoms with E-state index in [4.69, 9.17) is 4.42 Å². The van der Waals surface area contributed by atoms with Crippen LogP contribution in [0.4, 0.5) is 8.78 Å². The lowest BCUT2D eigenvalue weighted by Crippen LogP contribution is -2.36. The van der Waals surface area contributed by atoms with Crippen molar-refractivity contribution in [2.24, 2.45) is 0 Å². The highest BCUT2D eigenvalue weighted by Gasteiger charge is 2.32. The number of fused-ring (bicyclic) bond motifs is 2. The Bertz CT molecular complexity index is 1010. The van der Waals surface area contributed by atoms with Crippen LogP contribution in [0.5, 0.6) is 0 Å². The number of benzene rings is 2. The summed E-state index contributed by atoms with van der Waals surface area (Å²) in [5, 5.41) is 0.523. The van der Waals surface area contributed by atoms with Gasteiger partial charge in [0.25, 0.3) is 10.0 Å². The first kappa shape index (κ1) is 15.3. The van der Waals surface area contributed by atoms with Gasteiger partial charge < -0.3 is 4.42 Å². The van der Waals surface area contributed by atoms with Gasteiger partial charge in [-0.3, -0.25) is 0 Å². The van der Waals surface area contributed by atoms with Gasteiger partial charge in [0.15, 0.2) is 0 Å². The van der Waals surface area contributed by atoms with Gasteiger partial charge in [0.2, 0.25) is 5.09 Å². The number of sulfonamides is 1. The zero-order valence-corrected chi connectivity index (χ0v) is 13.3. The third-order valence-electron chi connectivity index (χ3n) is 4.21. The summed E-state index contributed by atoms with van der Waals surface area (Å²) in [5.74, 6) is -1.35. The second-order valence-corrected chi connectivity index (χ2v) is 7.59. The number of hydrogen-bond acceptors (Lipinski definition) is 3. The van der Waals surface area contributed by atoms with E-state index in [0.717, 1.165) is 6.07 Å². The van der Waals surface area contributed by atoms with Crippen molar-refractivity contribution in [1.82, 2.24) is 4.31 Å². The van der Waals surface area contributed by atoms with Gasteiger partial charge in [-0.15, -0.1) is 0 Å². The van der Waals surface area contributed by atoms with E-state index >= 15 is 0 Å². The first-order chi connectivity index (χ1) is 11.4. The highest BCUT2D eigenvalue weighted by atomic mass is 32.2. The van der Waals surface area contributed by atoms with Crippen LogP contribution in [-0.2, 0) is 23.0 Å². The molecule has 0 spiro atoms. The van der Waals surface area contributed by atoms with Gasteiger partial charge in [-0.05, 0) is 29.7 Å². The number of furan rings is 1. The molecule has 0 aliphatic carbocycles.